The topological polar surface area (TPSA) is 44.8 Å². The molecule has 0 aromatic heterocycles. The van der Waals surface area contributed by atoms with Gasteiger partial charge in [-0.25, -0.2) is 0 Å². The fraction of sp³-hybridized carbons (Fsp3) is 0.944. The molecule has 0 radical (unpaired) electrons. The minimum absolute atomic E-state index is 0.119. The zero-order chi connectivity index (χ0) is 18.1. The highest BCUT2D eigenvalue weighted by Crippen LogP contribution is 2.46. The summed E-state index contributed by atoms with van der Waals surface area (Å²) in [6.45, 7) is 18.3. The molecule has 0 N–H and O–H groups in total. The Labute approximate surface area is 142 Å². The molecule has 5 heteroatoms. The van der Waals surface area contributed by atoms with E-state index in [1.807, 2.05) is 20.8 Å². The molecule has 0 aliphatic carbocycles. The van der Waals surface area contributed by atoms with E-state index >= 15 is 0 Å². The van der Waals surface area contributed by atoms with Gasteiger partial charge in [-0.2, -0.15) is 0 Å². The number of ether oxygens (including phenoxy) is 1. The van der Waals surface area contributed by atoms with Crippen molar-refractivity contribution < 1.29 is 18.8 Å². The number of carbonyl (C=O) groups is 1. The predicted molar refractivity (Wildman–Crippen MR) is 94.4 cm³/mol. The minimum Gasteiger partial charge on any atom is -0.460 e. The molecule has 1 heterocycles. The van der Waals surface area contributed by atoms with E-state index in [0.717, 1.165) is 12.8 Å². The molecular formula is C18H35BO4. The maximum Gasteiger partial charge on any atom is 0.464 e. The van der Waals surface area contributed by atoms with Crippen LogP contribution < -0.4 is 0 Å². The van der Waals surface area contributed by atoms with E-state index in [4.69, 9.17) is 14.0 Å². The fourth-order valence-electron chi connectivity index (χ4n) is 3.52. The van der Waals surface area contributed by atoms with Gasteiger partial charge in [-0.3, -0.25) is 4.79 Å². The molecule has 4 nitrogen and oxygen atoms in total. The van der Waals surface area contributed by atoms with Gasteiger partial charge in [0.25, 0.3) is 0 Å². The van der Waals surface area contributed by atoms with Crippen LogP contribution >= 0.6 is 0 Å². The van der Waals surface area contributed by atoms with Gasteiger partial charge in [0.15, 0.2) is 0 Å². The van der Waals surface area contributed by atoms with Gasteiger partial charge in [0.05, 0.1) is 5.60 Å². The maximum atomic E-state index is 12.4. The van der Waals surface area contributed by atoms with Gasteiger partial charge in [0, 0.05) is 17.8 Å². The third-order valence-electron chi connectivity index (χ3n) is 3.97. The lowest BCUT2D eigenvalue weighted by Gasteiger charge is -2.45. The molecule has 0 saturated carbocycles. The zero-order valence-electron chi connectivity index (χ0n) is 16.5. The van der Waals surface area contributed by atoms with Crippen molar-refractivity contribution in [2.75, 3.05) is 0 Å². The quantitative estimate of drug-likeness (QED) is 0.546. The minimum atomic E-state index is -0.476. The maximum absolute atomic E-state index is 12.4. The molecule has 134 valence electrons. The van der Waals surface area contributed by atoms with Crippen LogP contribution in [-0.2, 0) is 18.8 Å². The van der Waals surface area contributed by atoms with Crippen LogP contribution in [0.3, 0.4) is 0 Å². The van der Waals surface area contributed by atoms with E-state index in [1.165, 1.54) is 0 Å². The molecule has 0 aromatic rings. The summed E-state index contributed by atoms with van der Waals surface area (Å²) in [7, 11) is -0.392. The Hall–Kier alpha value is -0.545. The Bertz CT molecular complexity index is 414. The van der Waals surface area contributed by atoms with Crippen molar-refractivity contribution in [2.24, 2.45) is 5.92 Å². The second-order valence-electron chi connectivity index (χ2n) is 9.38. The van der Waals surface area contributed by atoms with Gasteiger partial charge in [-0.15, -0.1) is 0 Å². The Balaban J connectivity index is 2.95. The van der Waals surface area contributed by atoms with Crippen LogP contribution in [0, 0.1) is 5.92 Å². The first-order valence-electron chi connectivity index (χ1n) is 8.78. The average molecular weight is 326 g/mol. The number of hydrogen-bond donors (Lipinski definition) is 0. The smallest absolute Gasteiger partial charge is 0.460 e. The molecule has 23 heavy (non-hydrogen) atoms. The molecule has 0 aromatic carbocycles. The van der Waals surface area contributed by atoms with Crippen molar-refractivity contribution in [2.45, 2.75) is 104 Å². The molecule has 1 saturated heterocycles. The first-order valence-corrected chi connectivity index (χ1v) is 8.78. The second kappa shape index (κ2) is 7.14. The monoisotopic (exact) mass is 326 g/mol. The van der Waals surface area contributed by atoms with Crippen LogP contribution in [0.4, 0.5) is 0 Å². The largest absolute Gasteiger partial charge is 0.464 e. The molecule has 1 fully saturated rings. The lowest BCUT2D eigenvalue weighted by molar-refractivity contribution is -0.156. The molecule has 1 aliphatic heterocycles. The summed E-state index contributed by atoms with van der Waals surface area (Å²) in [6, 6.07) is 0. The van der Waals surface area contributed by atoms with Crippen LogP contribution in [0.2, 0.25) is 5.31 Å². The van der Waals surface area contributed by atoms with Gasteiger partial charge in [-0.05, 0) is 60.3 Å². The lowest BCUT2D eigenvalue weighted by atomic mass is 9.52. The van der Waals surface area contributed by atoms with Gasteiger partial charge in [-0.1, -0.05) is 20.8 Å². The van der Waals surface area contributed by atoms with Crippen LogP contribution in [0.15, 0.2) is 0 Å². The van der Waals surface area contributed by atoms with Crippen LogP contribution in [0.5, 0.6) is 0 Å². The fourth-order valence-corrected chi connectivity index (χ4v) is 3.52. The SMILES string of the molecule is CC(C)CC(C)(CC(=O)OC(C)(C)C)B1OC(C)CC(C)(C)O1. The summed E-state index contributed by atoms with van der Waals surface area (Å²) in [5.74, 6) is 0.249. The lowest BCUT2D eigenvalue weighted by Crippen LogP contribution is -2.52. The summed E-state index contributed by atoms with van der Waals surface area (Å²) in [5.41, 5.74) is -0.717. The number of carbonyl (C=O) groups excluding carboxylic acids is 1. The first kappa shape index (κ1) is 20.5. The molecule has 0 amide bonds. The van der Waals surface area contributed by atoms with Crippen LogP contribution in [0.1, 0.15) is 81.6 Å². The van der Waals surface area contributed by atoms with E-state index in [9.17, 15) is 4.79 Å². The van der Waals surface area contributed by atoms with E-state index in [2.05, 4.69) is 41.5 Å². The van der Waals surface area contributed by atoms with Gasteiger partial charge >= 0.3 is 13.1 Å². The third-order valence-corrected chi connectivity index (χ3v) is 3.97. The predicted octanol–water partition coefficient (Wildman–Crippen LogP) is 4.62. The molecule has 1 rings (SSSR count). The Kier molecular flexibility index (Phi) is 6.36. The number of esters is 1. The highest BCUT2D eigenvalue weighted by molar-refractivity contribution is 6.49. The standard InChI is InChI=1S/C18H35BO4/c1-13(2)10-18(9,12-15(20)21-16(4,5)6)19-22-14(3)11-17(7,8)23-19/h13-14H,10-12H2,1-9H3. The van der Waals surface area contributed by atoms with E-state index in [1.54, 1.807) is 0 Å². The Morgan fingerprint density at radius 2 is 1.87 bits per heavy atom. The molecule has 2 unspecified atom stereocenters. The number of hydrogen-bond acceptors (Lipinski definition) is 4. The van der Waals surface area contributed by atoms with Crippen molar-refractivity contribution in [1.29, 1.82) is 0 Å². The van der Waals surface area contributed by atoms with Gasteiger partial charge < -0.3 is 14.0 Å². The van der Waals surface area contributed by atoms with Crippen LogP contribution in [0.25, 0.3) is 0 Å². The Morgan fingerprint density at radius 1 is 1.30 bits per heavy atom. The highest BCUT2D eigenvalue weighted by atomic mass is 16.6. The normalized spacial score (nSPS) is 24.4. The van der Waals surface area contributed by atoms with E-state index in [0.29, 0.717) is 12.3 Å². The van der Waals surface area contributed by atoms with Crippen molar-refractivity contribution in [3.8, 4) is 0 Å². The molecule has 0 spiro atoms. The second-order valence-corrected chi connectivity index (χ2v) is 9.38. The average Bonchev–Trinajstić information content (AvgIpc) is 2.21. The van der Waals surface area contributed by atoms with Crippen LogP contribution in [-0.4, -0.2) is 30.4 Å². The zero-order valence-corrected chi connectivity index (χ0v) is 16.5. The molecule has 0 bridgehead atoms. The molecular weight excluding hydrogens is 291 g/mol. The summed E-state index contributed by atoms with van der Waals surface area (Å²) >= 11 is 0. The van der Waals surface area contributed by atoms with Crippen molar-refractivity contribution in [3.05, 3.63) is 0 Å². The highest BCUT2D eigenvalue weighted by Gasteiger charge is 2.50. The Morgan fingerprint density at radius 3 is 2.30 bits per heavy atom. The summed E-state index contributed by atoms with van der Waals surface area (Å²) in [6.07, 6.45) is 2.12. The van der Waals surface area contributed by atoms with Gasteiger partial charge in [0.2, 0.25) is 0 Å². The van der Waals surface area contributed by atoms with Crippen molar-refractivity contribution in [3.63, 3.8) is 0 Å². The summed E-state index contributed by atoms with van der Waals surface area (Å²) < 4.78 is 17.8. The van der Waals surface area contributed by atoms with Crippen molar-refractivity contribution in [1.82, 2.24) is 0 Å². The molecule has 2 atom stereocenters. The number of rotatable bonds is 5. The van der Waals surface area contributed by atoms with Crippen molar-refractivity contribution >= 4 is 13.1 Å². The summed E-state index contributed by atoms with van der Waals surface area (Å²) in [4.78, 5) is 12.4. The third kappa shape index (κ3) is 6.84. The first-order chi connectivity index (χ1) is 10.2. The van der Waals surface area contributed by atoms with E-state index < -0.39 is 18.0 Å². The van der Waals surface area contributed by atoms with E-state index in [-0.39, 0.29) is 17.7 Å². The summed E-state index contributed by atoms with van der Waals surface area (Å²) in [5, 5.41) is -0.400. The molecule has 1 aliphatic rings. The van der Waals surface area contributed by atoms with Gasteiger partial charge in [0.1, 0.15) is 5.60 Å².